The van der Waals surface area contributed by atoms with E-state index in [1.54, 1.807) is 7.11 Å². The van der Waals surface area contributed by atoms with Crippen LogP contribution in [0.1, 0.15) is 11.1 Å². The van der Waals surface area contributed by atoms with Crippen molar-refractivity contribution in [1.29, 1.82) is 0 Å². The van der Waals surface area contributed by atoms with Gasteiger partial charge in [-0.05, 0) is 25.0 Å². The fourth-order valence-corrected chi connectivity index (χ4v) is 3.18. The summed E-state index contributed by atoms with van der Waals surface area (Å²) < 4.78 is 6.71. The zero-order chi connectivity index (χ0) is 9.14. The monoisotopic (exact) mass is 238 g/mol. The lowest BCUT2D eigenvalue weighted by Crippen LogP contribution is -2.10. The predicted molar refractivity (Wildman–Crippen MR) is 56.8 cm³/mol. The Balaban J connectivity index is 3.18. The lowest BCUT2D eigenvalue weighted by Gasteiger charge is -2.09. The Morgan fingerprint density at radius 2 is 1.75 bits per heavy atom. The van der Waals surface area contributed by atoms with Crippen LogP contribution in [0.25, 0.3) is 0 Å². The number of aryl methyl sites for hydroxylation is 2. The minimum Gasteiger partial charge on any atom is -0.496 e. The summed E-state index contributed by atoms with van der Waals surface area (Å²) in [6.45, 7) is 4.18. The van der Waals surface area contributed by atoms with Crippen LogP contribution < -0.4 is 8.43 Å². The molecule has 0 aliphatic carbocycles. The van der Waals surface area contributed by atoms with Crippen LogP contribution >= 0.6 is 12.9 Å². The third-order valence-corrected chi connectivity index (χ3v) is 4.54. The minimum absolute atomic E-state index is 0.218. The highest BCUT2D eigenvalue weighted by Gasteiger charge is 2.04. The van der Waals surface area contributed by atoms with Gasteiger partial charge in [0.05, 0.1) is 7.11 Å². The van der Waals surface area contributed by atoms with E-state index >= 15 is 0 Å². The molecule has 0 aliphatic heterocycles. The molecule has 3 heteroatoms. The van der Waals surface area contributed by atoms with Crippen molar-refractivity contribution in [3.8, 4) is 5.75 Å². The molecule has 62 valence electrons. The molecule has 0 spiro atoms. The molecule has 0 saturated carbocycles. The van der Waals surface area contributed by atoms with E-state index < -0.39 is 0 Å². The van der Waals surface area contributed by atoms with Gasteiger partial charge in [0.2, 0.25) is 0 Å². The standard InChI is InChI=1S/C9H11O.BrH.Mg/c1-7-5-4-6-8(2)9(7)10-3;;/h5-6H,1-3H3;1H;/q;;+1/p-1. The maximum absolute atomic E-state index is 5.28. The lowest BCUT2D eigenvalue weighted by molar-refractivity contribution is 0.408. The molecule has 0 amide bonds. The van der Waals surface area contributed by atoms with Gasteiger partial charge in [0.25, 0.3) is 0 Å². The molecule has 0 radical (unpaired) electrons. The van der Waals surface area contributed by atoms with Gasteiger partial charge < -0.3 is 4.74 Å². The zero-order valence-corrected chi connectivity index (χ0v) is 10.6. The van der Waals surface area contributed by atoms with Crippen molar-refractivity contribution in [1.82, 2.24) is 0 Å². The molecule has 0 atom stereocenters. The maximum atomic E-state index is 5.28. The van der Waals surface area contributed by atoms with Gasteiger partial charge >= 0.3 is 18.2 Å². The Kier molecular flexibility index (Phi) is 3.87. The van der Waals surface area contributed by atoms with Crippen LogP contribution in [-0.4, -0.2) is 25.3 Å². The molecule has 0 aromatic heterocycles. The number of rotatable bonds is 2. The second-order valence-corrected chi connectivity index (χ2v) is 5.66. The molecule has 0 unspecified atom stereocenters. The molecule has 0 bridgehead atoms. The second-order valence-electron chi connectivity index (χ2n) is 2.90. The molecule has 12 heavy (non-hydrogen) atoms. The van der Waals surface area contributed by atoms with E-state index in [-0.39, 0.29) is 18.2 Å². The van der Waals surface area contributed by atoms with Gasteiger partial charge in [0.1, 0.15) is 5.75 Å². The van der Waals surface area contributed by atoms with Crippen LogP contribution in [-0.2, 0) is 0 Å². The number of hydrogen-bond donors (Lipinski definition) is 0. The van der Waals surface area contributed by atoms with Gasteiger partial charge in [0, 0.05) is 0 Å². The summed E-state index contributed by atoms with van der Waals surface area (Å²) in [5, 5.41) is 0. The van der Waals surface area contributed by atoms with Crippen LogP contribution in [0, 0.1) is 13.8 Å². The number of halogens is 1. The third-order valence-electron chi connectivity index (χ3n) is 1.88. The summed E-state index contributed by atoms with van der Waals surface area (Å²) in [6.07, 6.45) is 0. The maximum Gasteiger partial charge on any atom is 0.506 e. The molecule has 1 aromatic rings. The molecule has 0 N–H and O–H groups in total. The minimum atomic E-state index is -0.218. The van der Waals surface area contributed by atoms with Crippen LogP contribution in [0.2, 0.25) is 0 Å². The Bertz CT molecular complexity index is 263. The highest BCUT2D eigenvalue weighted by atomic mass is 79.9. The molecule has 0 heterocycles. The largest absolute Gasteiger partial charge is 0.506 e. The van der Waals surface area contributed by atoms with E-state index in [1.165, 1.54) is 14.8 Å². The first-order valence-electron chi connectivity index (χ1n) is 3.89. The summed E-state index contributed by atoms with van der Waals surface area (Å²) in [7, 11) is 1.72. The molecule has 0 aliphatic rings. The summed E-state index contributed by atoms with van der Waals surface area (Å²) in [4.78, 5) is 0. The first-order chi connectivity index (χ1) is 5.69. The van der Waals surface area contributed by atoms with E-state index in [4.69, 9.17) is 4.74 Å². The quantitative estimate of drug-likeness (QED) is 0.717. The summed E-state index contributed by atoms with van der Waals surface area (Å²) in [5.74, 6) is 1.02. The molecule has 1 rings (SSSR count). The number of methoxy groups -OCH3 is 1. The smallest absolute Gasteiger partial charge is 0.496 e. The predicted octanol–water partition coefficient (Wildman–Crippen LogP) is 1.95. The van der Waals surface area contributed by atoms with Gasteiger partial charge in [-0.1, -0.05) is 12.1 Å². The fraction of sp³-hybridized carbons (Fsp3) is 0.333. The summed E-state index contributed by atoms with van der Waals surface area (Å²) in [6, 6.07) is 4.40. The van der Waals surface area contributed by atoms with Crippen LogP contribution in [0.5, 0.6) is 5.75 Å². The topological polar surface area (TPSA) is 9.23 Å². The van der Waals surface area contributed by atoms with Gasteiger partial charge in [-0.15, -0.1) is 0 Å². The second kappa shape index (κ2) is 4.49. The van der Waals surface area contributed by atoms with Crippen molar-refractivity contribution >= 4 is 34.8 Å². The number of ether oxygens (including phenoxy) is 1. The molecule has 1 aromatic carbocycles. The van der Waals surface area contributed by atoms with Gasteiger partial charge in [-0.3, -0.25) is 12.9 Å². The molecular weight excluding hydrogens is 228 g/mol. The Morgan fingerprint density at radius 1 is 1.25 bits per heavy atom. The summed E-state index contributed by atoms with van der Waals surface area (Å²) in [5.41, 5.74) is 2.47. The number of hydrogen-bond acceptors (Lipinski definition) is 1. The Morgan fingerprint density at radius 3 is 2.08 bits per heavy atom. The van der Waals surface area contributed by atoms with Crippen molar-refractivity contribution in [2.24, 2.45) is 0 Å². The zero-order valence-electron chi connectivity index (χ0n) is 7.65. The van der Waals surface area contributed by atoms with Crippen molar-refractivity contribution in [2.45, 2.75) is 13.8 Å². The molecule has 0 saturated heterocycles. The van der Waals surface area contributed by atoms with Crippen LogP contribution in [0.4, 0.5) is 0 Å². The highest BCUT2D eigenvalue weighted by molar-refractivity contribution is 9.23. The van der Waals surface area contributed by atoms with E-state index in [2.05, 4.69) is 38.9 Å². The van der Waals surface area contributed by atoms with E-state index in [1.807, 2.05) is 0 Å². The van der Waals surface area contributed by atoms with Crippen molar-refractivity contribution in [3.63, 3.8) is 0 Å². The normalized spacial score (nSPS) is 9.33. The third kappa shape index (κ3) is 2.15. The van der Waals surface area contributed by atoms with Crippen LogP contribution in [0.15, 0.2) is 12.1 Å². The molecule has 0 fully saturated rings. The van der Waals surface area contributed by atoms with Crippen LogP contribution in [0.3, 0.4) is 0 Å². The highest BCUT2D eigenvalue weighted by Crippen LogP contribution is 2.20. The molecule has 1 nitrogen and oxygen atoms in total. The van der Waals surface area contributed by atoms with Gasteiger partial charge in [0.15, 0.2) is 0 Å². The number of benzene rings is 1. The van der Waals surface area contributed by atoms with E-state index in [9.17, 15) is 0 Å². The first kappa shape index (κ1) is 10.3. The van der Waals surface area contributed by atoms with E-state index in [0.29, 0.717) is 0 Å². The molecular formula is C9H11BrMgO. The Labute approximate surface area is 89.1 Å². The van der Waals surface area contributed by atoms with Crippen molar-refractivity contribution in [3.05, 3.63) is 23.3 Å². The van der Waals surface area contributed by atoms with E-state index in [0.717, 1.165) is 5.75 Å². The Hall–Kier alpha value is 0.266. The fourth-order valence-electron chi connectivity index (χ4n) is 1.44. The SMILES string of the molecule is COc1c(C)c[c]([Mg][Br])cc1C. The van der Waals surface area contributed by atoms with Crippen molar-refractivity contribution < 1.29 is 4.74 Å². The summed E-state index contributed by atoms with van der Waals surface area (Å²) >= 11 is 3.35. The average molecular weight is 239 g/mol. The average Bonchev–Trinajstić information content (AvgIpc) is 2.03. The van der Waals surface area contributed by atoms with Crippen molar-refractivity contribution in [2.75, 3.05) is 7.11 Å². The lowest BCUT2D eigenvalue weighted by atomic mass is 10.1. The first-order valence-corrected chi connectivity index (χ1v) is 8.49. The van der Waals surface area contributed by atoms with Gasteiger partial charge in [-0.25, -0.2) is 0 Å². The van der Waals surface area contributed by atoms with Gasteiger partial charge in [-0.2, -0.15) is 3.69 Å².